The fourth-order valence-corrected chi connectivity index (χ4v) is 3.35. The van der Waals surface area contributed by atoms with Gasteiger partial charge in [0.25, 0.3) is 5.91 Å². The Balaban J connectivity index is 1.57. The maximum Gasteiger partial charge on any atom is 0.326 e. The molecular weight excluding hydrogens is 344 g/mol. The Hall–Kier alpha value is -3.48. The summed E-state index contributed by atoms with van der Waals surface area (Å²) in [7, 11) is 0. The Morgan fingerprint density at radius 3 is 2.48 bits per heavy atom. The number of aliphatic carboxylic acids is 1. The molecule has 1 aliphatic rings. The van der Waals surface area contributed by atoms with Crippen LogP contribution in [0.15, 0.2) is 60.8 Å². The van der Waals surface area contributed by atoms with E-state index in [2.05, 4.69) is 10.3 Å². The second-order valence-electron chi connectivity index (χ2n) is 6.55. The zero-order valence-electron chi connectivity index (χ0n) is 14.5. The lowest BCUT2D eigenvalue weighted by molar-refractivity contribution is -0.142. The number of hydrogen-bond donors (Lipinski definition) is 1. The van der Waals surface area contributed by atoms with Gasteiger partial charge in [-0.05, 0) is 16.7 Å². The third-order valence-corrected chi connectivity index (χ3v) is 4.74. The summed E-state index contributed by atoms with van der Waals surface area (Å²) in [5.74, 6) is -1.44. The highest BCUT2D eigenvalue weighted by atomic mass is 16.4. The van der Waals surface area contributed by atoms with Crippen LogP contribution in [0.4, 0.5) is 0 Å². The topological polar surface area (TPSA) is 88.3 Å². The number of carboxylic acid groups (broad SMARTS) is 1. The zero-order valence-corrected chi connectivity index (χ0v) is 14.5. The van der Waals surface area contributed by atoms with E-state index >= 15 is 0 Å². The fraction of sp³-hybridized carbons (Fsp3) is 0.200. The van der Waals surface area contributed by atoms with Gasteiger partial charge in [0.1, 0.15) is 6.04 Å². The van der Waals surface area contributed by atoms with Crippen molar-refractivity contribution in [3.8, 4) is 0 Å². The van der Waals surface area contributed by atoms with Crippen molar-refractivity contribution in [1.29, 1.82) is 0 Å². The SMILES string of the molecule is O=C(O)[C@@H]1Cc2ccccc2CN1C(=O)c1cn(Cc2ccccc2)nn1. The Morgan fingerprint density at radius 1 is 1.04 bits per heavy atom. The van der Waals surface area contributed by atoms with E-state index in [-0.39, 0.29) is 18.7 Å². The quantitative estimate of drug-likeness (QED) is 0.767. The molecule has 0 saturated carbocycles. The molecule has 1 aliphatic heterocycles. The summed E-state index contributed by atoms with van der Waals surface area (Å²) in [4.78, 5) is 26.0. The van der Waals surface area contributed by atoms with Gasteiger partial charge in [-0.1, -0.05) is 59.8 Å². The van der Waals surface area contributed by atoms with Crippen molar-refractivity contribution in [3.05, 3.63) is 83.2 Å². The average Bonchev–Trinajstić information content (AvgIpc) is 3.15. The summed E-state index contributed by atoms with van der Waals surface area (Å²) in [5, 5.41) is 17.6. The van der Waals surface area contributed by atoms with Gasteiger partial charge in [0.05, 0.1) is 12.7 Å². The van der Waals surface area contributed by atoms with Crippen LogP contribution in [-0.2, 0) is 24.3 Å². The Morgan fingerprint density at radius 2 is 1.74 bits per heavy atom. The number of benzene rings is 2. The summed E-state index contributed by atoms with van der Waals surface area (Å²) in [6.45, 7) is 0.740. The first-order valence-corrected chi connectivity index (χ1v) is 8.66. The average molecular weight is 362 g/mol. The highest BCUT2D eigenvalue weighted by Crippen LogP contribution is 2.24. The molecule has 7 heteroatoms. The molecule has 3 aromatic rings. The van der Waals surface area contributed by atoms with Crippen molar-refractivity contribution in [2.75, 3.05) is 0 Å². The van der Waals surface area contributed by atoms with Gasteiger partial charge < -0.3 is 10.0 Å². The van der Waals surface area contributed by atoms with E-state index in [0.29, 0.717) is 6.54 Å². The molecular formula is C20H18N4O3. The van der Waals surface area contributed by atoms with Crippen molar-refractivity contribution < 1.29 is 14.7 Å². The monoisotopic (exact) mass is 362 g/mol. The maximum absolute atomic E-state index is 12.9. The molecule has 1 atom stereocenters. The molecule has 1 aromatic heterocycles. The van der Waals surface area contributed by atoms with E-state index in [1.54, 1.807) is 10.9 Å². The van der Waals surface area contributed by atoms with Gasteiger partial charge in [-0.3, -0.25) is 4.79 Å². The highest BCUT2D eigenvalue weighted by molar-refractivity contribution is 5.95. The summed E-state index contributed by atoms with van der Waals surface area (Å²) >= 11 is 0. The zero-order chi connectivity index (χ0) is 18.8. The first-order chi connectivity index (χ1) is 13.1. The van der Waals surface area contributed by atoms with Crippen LogP contribution in [0.1, 0.15) is 27.2 Å². The van der Waals surface area contributed by atoms with Crippen LogP contribution in [0.3, 0.4) is 0 Å². The van der Waals surface area contributed by atoms with Crippen molar-refractivity contribution in [2.45, 2.75) is 25.6 Å². The normalized spacial score (nSPS) is 16.0. The van der Waals surface area contributed by atoms with Crippen molar-refractivity contribution in [3.63, 3.8) is 0 Å². The predicted octanol–water partition coefficient (Wildman–Crippen LogP) is 1.98. The van der Waals surface area contributed by atoms with Crippen molar-refractivity contribution >= 4 is 11.9 Å². The second kappa shape index (κ2) is 7.03. The molecule has 0 bridgehead atoms. The number of fused-ring (bicyclic) bond motifs is 1. The van der Waals surface area contributed by atoms with Gasteiger partial charge in [0, 0.05) is 13.0 Å². The Bertz CT molecular complexity index is 984. The second-order valence-corrected chi connectivity index (χ2v) is 6.55. The highest BCUT2D eigenvalue weighted by Gasteiger charge is 2.35. The molecule has 1 amide bonds. The maximum atomic E-state index is 12.9. The summed E-state index contributed by atoms with van der Waals surface area (Å²) in [6, 6.07) is 16.4. The molecule has 0 spiro atoms. The minimum Gasteiger partial charge on any atom is -0.480 e. The van der Waals surface area contributed by atoms with Gasteiger partial charge in [0.15, 0.2) is 5.69 Å². The van der Waals surface area contributed by atoms with Crippen molar-refractivity contribution in [1.82, 2.24) is 19.9 Å². The Labute approximate surface area is 155 Å². The van der Waals surface area contributed by atoms with Crippen LogP contribution in [0.2, 0.25) is 0 Å². The summed E-state index contributed by atoms with van der Waals surface area (Å²) < 4.78 is 1.58. The van der Waals surface area contributed by atoms with Gasteiger partial charge >= 0.3 is 5.97 Å². The lowest BCUT2D eigenvalue weighted by Gasteiger charge is -2.33. The van der Waals surface area contributed by atoms with Crippen LogP contribution in [0.25, 0.3) is 0 Å². The molecule has 2 heterocycles. The smallest absolute Gasteiger partial charge is 0.326 e. The van der Waals surface area contributed by atoms with E-state index in [9.17, 15) is 14.7 Å². The standard InChI is InChI=1S/C20H18N4O3/c25-19(17-13-23(22-21-17)11-14-6-2-1-3-7-14)24-12-16-9-5-4-8-15(16)10-18(24)20(26)27/h1-9,13,18H,10-12H2,(H,26,27)/t18-/m0/s1. The number of aromatic nitrogens is 3. The fourth-order valence-electron chi connectivity index (χ4n) is 3.35. The molecule has 4 rings (SSSR count). The van der Waals surface area contributed by atoms with Crippen LogP contribution < -0.4 is 0 Å². The molecule has 27 heavy (non-hydrogen) atoms. The van der Waals surface area contributed by atoms with E-state index in [1.807, 2.05) is 54.6 Å². The van der Waals surface area contributed by atoms with E-state index in [0.717, 1.165) is 16.7 Å². The van der Waals surface area contributed by atoms with Gasteiger partial charge in [-0.15, -0.1) is 5.10 Å². The van der Waals surface area contributed by atoms with E-state index in [4.69, 9.17) is 0 Å². The van der Waals surface area contributed by atoms with Crippen LogP contribution in [0.5, 0.6) is 0 Å². The number of hydrogen-bond acceptors (Lipinski definition) is 4. The number of rotatable bonds is 4. The molecule has 7 nitrogen and oxygen atoms in total. The third-order valence-electron chi connectivity index (χ3n) is 4.74. The largest absolute Gasteiger partial charge is 0.480 e. The molecule has 0 aliphatic carbocycles. The van der Waals surface area contributed by atoms with Gasteiger partial charge in [-0.25, -0.2) is 9.48 Å². The number of amides is 1. The molecule has 0 fully saturated rings. The van der Waals surface area contributed by atoms with E-state index in [1.165, 1.54) is 4.90 Å². The molecule has 2 aromatic carbocycles. The minimum absolute atomic E-state index is 0.150. The van der Waals surface area contributed by atoms with Crippen LogP contribution >= 0.6 is 0 Å². The third kappa shape index (κ3) is 3.44. The van der Waals surface area contributed by atoms with Crippen LogP contribution in [0, 0.1) is 0 Å². The first-order valence-electron chi connectivity index (χ1n) is 8.66. The number of carboxylic acids is 1. The molecule has 0 radical (unpaired) electrons. The molecule has 0 unspecified atom stereocenters. The Kier molecular flexibility index (Phi) is 4.42. The van der Waals surface area contributed by atoms with Gasteiger partial charge in [-0.2, -0.15) is 0 Å². The lowest BCUT2D eigenvalue weighted by Crippen LogP contribution is -2.48. The number of nitrogens with zero attached hydrogens (tertiary/aromatic N) is 4. The molecule has 136 valence electrons. The number of carbonyl (C=O) groups is 2. The first kappa shape index (κ1) is 17.0. The molecule has 1 N–H and O–H groups in total. The summed E-state index contributed by atoms with van der Waals surface area (Å²) in [5.41, 5.74) is 3.11. The van der Waals surface area contributed by atoms with Crippen LogP contribution in [-0.4, -0.2) is 42.9 Å². The van der Waals surface area contributed by atoms with E-state index < -0.39 is 17.9 Å². The lowest BCUT2D eigenvalue weighted by atomic mass is 9.94. The minimum atomic E-state index is -1.02. The number of carbonyl (C=O) groups excluding carboxylic acids is 1. The molecule has 0 saturated heterocycles. The van der Waals surface area contributed by atoms with Gasteiger partial charge in [0.2, 0.25) is 0 Å². The summed E-state index contributed by atoms with van der Waals surface area (Å²) in [6.07, 6.45) is 1.85. The predicted molar refractivity (Wildman–Crippen MR) is 97.0 cm³/mol. The van der Waals surface area contributed by atoms with Crippen molar-refractivity contribution in [2.24, 2.45) is 0 Å².